The van der Waals surface area contributed by atoms with Gasteiger partial charge in [-0.15, -0.1) is 5.10 Å². The summed E-state index contributed by atoms with van der Waals surface area (Å²) in [4.78, 5) is 2.24. The molecule has 3 heterocycles. The molecule has 10 heteroatoms. The molecule has 0 N–H and O–H groups in total. The van der Waals surface area contributed by atoms with Crippen LogP contribution in [0.25, 0.3) is 6.08 Å². The Bertz CT molecular complexity index is 1320. The lowest BCUT2D eigenvalue weighted by atomic mass is 9.85. The van der Waals surface area contributed by atoms with E-state index < -0.39 is 0 Å². The van der Waals surface area contributed by atoms with Crippen molar-refractivity contribution in [2.45, 2.75) is 39.3 Å². The number of ether oxygens (including phenoxy) is 3. The molecule has 1 aromatic heterocycles. The monoisotopic (exact) mass is 529 g/mol. The lowest BCUT2D eigenvalue weighted by Gasteiger charge is -2.36. The van der Waals surface area contributed by atoms with Gasteiger partial charge in [0, 0.05) is 22.2 Å². The molecular formula is C26H29Cl2N5O3. The Hall–Kier alpha value is -2.81. The minimum atomic E-state index is -0.231. The molecule has 0 bridgehead atoms. The van der Waals surface area contributed by atoms with Gasteiger partial charge in [-0.25, -0.2) is 4.68 Å². The maximum atomic E-state index is 6.43. The number of benzene rings is 2. The van der Waals surface area contributed by atoms with Gasteiger partial charge in [0.1, 0.15) is 6.04 Å². The Balaban J connectivity index is 1.61. The minimum absolute atomic E-state index is 0.159. The number of rotatable bonds is 5. The molecule has 8 nitrogen and oxygen atoms in total. The van der Waals surface area contributed by atoms with Crippen LogP contribution in [0.2, 0.25) is 10.0 Å². The highest BCUT2D eigenvalue weighted by molar-refractivity contribution is 6.35. The zero-order valence-electron chi connectivity index (χ0n) is 21.0. The van der Waals surface area contributed by atoms with Gasteiger partial charge in [-0.1, -0.05) is 62.2 Å². The highest BCUT2D eigenvalue weighted by Crippen LogP contribution is 2.51. The highest BCUT2D eigenvalue weighted by atomic mass is 35.5. The van der Waals surface area contributed by atoms with Crippen LogP contribution in [0.4, 0.5) is 0 Å². The van der Waals surface area contributed by atoms with Gasteiger partial charge in [0.25, 0.3) is 0 Å². The van der Waals surface area contributed by atoms with Crippen molar-refractivity contribution in [3.63, 3.8) is 0 Å². The summed E-state index contributed by atoms with van der Waals surface area (Å²) in [6.45, 7) is 7.50. The fourth-order valence-electron chi connectivity index (χ4n) is 4.91. The van der Waals surface area contributed by atoms with Gasteiger partial charge in [0.05, 0.1) is 13.2 Å². The standard InChI is InChI=1S/C26H29Cl2N5O3/c1-26(2,3)20(9-7-15-6-8-17(27)13-18(15)28)33-25(29-30-31-33)22-21-16(10-11-32(22)4)12-19-23(24(21)34-5)36-14-35-19/h6-9,12-13,20,22H,10-11,14H2,1-5H3/t20-,22-/m0/s1. The second-order valence-corrected chi connectivity index (χ2v) is 11.0. The highest BCUT2D eigenvalue weighted by Gasteiger charge is 2.39. The number of tetrazole rings is 1. The summed E-state index contributed by atoms with van der Waals surface area (Å²) in [7, 11) is 3.73. The van der Waals surface area contributed by atoms with Crippen LogP contribution < -0.4 is 14.2 Å². The topological polar surface area (TPSA) is 74.5 Å². The van der Waals surface area contributed by atoms with Crippen LogP contribution in [-0.2, 0) is 6.42 Å². The molecule has 0 saturated heterocycles. The molecule has 36 heavy (non-hydrogen) atoms. The molecule has 0 unspecified atom stereocenters. The van der Waals surface area contributed by atoms with Crippen LogP contribution in [-0.4, -0.2) is 52.6 Å². The van der Waals surface area contributed by atoms with Crippen molar-refractivity contribution in [1.29, 1.82) is 0 Å². The molecule has 0 fully saturated rings. The fraction of sp³-hybridized carbons (Fsp3) is 0.423. The number of fused-ring (bicyclic) bond motifs is 2. The lowest BCUT2D eigenvalue weighted by Crippen LogP contribution is -2.36. The Morgan fingerprint density at radius 3 is 2.72 bits per heavy atom. The van der Waals surface area contributed by atoms with Crippen molar-refractivity contribution < 1.29 is 14.2 Å². The minimum Gasteiger partial charge on any atom is -0.492 e. The van der Waals surface area contributed by atoms with Crippen LogP contribution in [0.3, 0.4) is 0 Å². The number of aromatic nitrogens is 4. The van der Waals surface area contributed by atoms with Crippen molar-refractivity contribution in [2.24, 2.45) is 5.41 Å². The predicted octanol–water partition coefficient (Wildman–Crippen LogP) is 5.60. The van der Waals surface area contributed by atoms with E-state index in [1.807, 2.05) is 22.9 Å². The molecule has 2 aliphatic heterocycles. The smallest absolute Gasteiger partial charge is 0.231 e. The first kappa shape index (κ1) is 24.9. The van der Waals surface area contributed by atoms with E-state index in [2.05, 4.69) is 60.4 Å². The van der Waals surface area contributed by atoms with Gasteiger partial charge in [0.15, 0.2) is 17.3 Å². The average molecular weight is 530 g/mol. The summed E-state index contributed by atoms with van der Waals surface area (Å²) in [6.07, 6.45) is 4.95. The zero-order chi connectivity index (χ0) is 25.6. The normalized spacial score (nSPS) is 18.5. The van der Waals surface area contributed by atoms with Gasteiger partial charge < -0.3 is 14.2 Å². The Morgan fingerprint density at radius 2 is 2.00 bits per heavy atom. The second-order valence-electron chi connectivity index (χ2n) is 10.2. The quantitative estimate of drug-likeness (QED) is 0.426. The van der Waals surface area contributed by atoms with Crippen molar-refractivity contribution in [3.05, 3.63) is 62.9 Å². The third-order valence-electron chi connectivity index (χ3n) is 6.73. The SMILES string of the molecule is COc1c2c(cc3c1[C@@H](c1nnnn1[C@@H](C=Cc1ccc(Cl)cc1Cl)C(C)(C)C)N(C)CC3)OCO2. The average Bonchev–Trinajstić information content (AvgIpc) is 3.48. The number of halogens is 2. The first-order valence-electron chi connectivity index (χ1n) is 11.8. The second kappa shape index (κ2) is 9.57. The third-order valence-corrected chi connectivity index (χ3v) is 7.29. The van der Waals surface area contributed by atoms with Gasteiger partial charge in [-0.05, 0) is 58.6 Å². The van der Waals surface area contributed by atoms with E-state index >= 15 is 0 Å². The van der Waals surface area contributed by atoms with E-state index in [9.17, 15) is 0 Å². The van der Waals surface area contributed by atoms with E-state index in [0.29, 0.717) is 27.3 Å². The van der Waals surface area contributed by atoms with Crippen LogP contribution in [0.15, 0.2) is 30.3 Å². The van der Waals surface area contributed by atoms with Crippen molar-refractivity contribution in [3.8, 4) is 17.2 Å². The van der Waals surface area contributed by atoms with E-state index in [4.69, 9.17) is 37.4 Å². The fourth-order valence-corrected chi connectivity index (χ4v) is 5.38. The number of allylic oxidation sites excluding steroid dienone is 1. The number of nitrogens with zero attached hydrogens (tertiary/aromatic N) is 5. The molecule has 0 radical (unpaired) electrons. The Morgan fingerprint density at radius 1 is 1.19 bits per heavy atom. The molecule has 0 aliphatic carbocycles. The van der Waals surface area contributed by atoms with Crippen LogP contribution >= 0.6 is 23.2 Å². The molecule has 2 aromatic carbocycles. The van der Waals surface area contributed by atoms with Gasteiger partial charge in [-0.3, -0.25) is 4.90 Å². The summed E-state index contributed by atoms with van der Waals surface area (Å²) >= 11 is 12.5. The van der Waals surface area contributed by atoms with Crippen LogP contribution in [0.5, 0.6) is 17.2 Å². The number of likely N-dealkylation sites (N-methyl/N-ethyl adjacent to an activating group) is 1. The van der Waals surface area contributed by atoms with Gasteiger partial charge >= 0.3 is 0 Å². The molecule has 2 aliphatic rings. The van der Waals surface area contributed by atoms with Gasteiger partial charge in [0.2, 0.25) is 12.5 Å². The molecule has 3 aromatic rings. The Labute approximate surface area is 220 Å². The number of hydrogen-bond donors (Lipinski definition) is 0. The first-order chi connectivity index (χ1) is 17.2. The van der Waals surface area contributed by atoms with Crippen molar-refractivity contribution >= 4 is 29.3 Å². The number of methoxy groups -OCH3 is 1. The molecule has 0 saturated carbocycles. The molecule has 2 atom stereocenters. The molecular weight excluding hydrogens is 501 g/mol. The summed E-state index contributed by atoms with van der Waals surface area (Å²) in [5.41, 5.74) is 2.82. The van der Waals surface area contributed by atoms with Crippen LogP contribution in [0.1, 0.15) is 55.4 Å². The number of hydrogen-bond acceptors (Lipinski definition) is 7. The molecule has 0 spiro atoms. The summed E-state index contributed by atoms with van der Waals surface area (Å²) in [5, 5.41) is 14.3. The Kier molecular flexibility index (Phi) is 6.61. The van der Waals surface area contributed by atoms with Gasteiger partial charge in [-0.2, -0.15) is 0 Å². The molecule has 190 valence electrons. The van der Waals surface area contributed by atoms with E-state index in [-0.39, 0.29) is 24.3 Å². The maximum Gasteiger partial charge on any atom is 0.231 e. The lowest BCUT2D eigenvalue weighted by molar-refractivity contribution is 0.170. The first-order valence-corrected chi connectivity index (χ1v) is 12.5. The summed E-state index contributed by atoms with van der Waals surface area (Å²) in [6, 6.07) is 7.13. The van der Waals surface area contributed by atoms with Crippen LogP contribution in [0, 0.1) is 5.41 Å². The molecule has 0 amide bonds. The summed E-state index contributed by atoms with van der Waals surface area (Å²) in [5.74, 6) is 2.73. The summed E-state index contributed by atoms with van der Waals surface area (Å²) < 4.78 is 19.2. The predicted molar refractivity (Wildman–Crippen MR) is 139 cm³/mol. The van der Waals surface area contributed by atoms with Crippen molar-refractivity contribution in [1.82, 2.24) is 25.1 Å². The largest absolute Gasteiger partial charge is 0.492 e. The maximum absolute atomic E-state index is 6.43. The third kappa shape index (κ3) is 4.42. The zero-order valence-corrected chi connectivity index (χ0v) is 22.5. The van der Waals surface area contributed by atoms with Crippen molar-refractivity contribution in [2.75, 3.05) is 27.5 Å². The van der Waals surface area contributed by atoms with E-state index in [1.54, 1.807) is 13.2 Å². The molecule has 5 rings (SSSR count). The van der Waals surface area contributed by atoms with E-state index in [1.165, 1.54) is 0 Å². The van der Waals surface area contributed by atoms with E-state index in [0.717, 1.165) is 35.5 Å².